The molecule has 4 rings (SSSR count). The maximum Gasteiger partial charge on any atom is 0.326 e. The second-order valence-corrected chi connectivity index (χ2v) is 7.91. The lowest BCUT2D eigenvalue weighted by Crippen LogP contribution is -2.42. The first-order valence-electron chi connectivity index (χ1n) is 10.3. The first-order chi connectivity index (χ1) is 15.5. The Morgan fingerprint density at radius 2 is 1.62 bits per heavy atom. The van der Waals surface area contributed by atoms with Crippen molar-refractivity contribution < 1.29 is 23.9 Å². The third-order valence-electron chi connectivity index (χ3n) is 5.57. The summed E-state index contributed by atoms with van der Waals surface area (Å²) in [6.45, 7) is 1.78. The number of hydrogen-bond donors (Lipinski definition) is 0. The summed E-state index contributed by atoms with van der Waals surface area (Å²) in [6, 6.07) is 22.7. The molecule has 0 fully saturated rings. The summed E-state index contributed by atoms with van der Waals surface area (Å²) in [5, 5.41) is 0.508. The number of carbonyl (C=O) groups excluding carboxylic acids is 3. The van der Waals surface area contributed by atoms with Crippen molar-refractivity contribution in [2.75, 3.05) is 6.61 Å². The van der Waals surface area contributed by atoms with E-state index in [-0.39, 0.29) is 12.4 Å². The van der Waals surface area contributed by atoms with E-state index in [2.05, 4.69) is 0 Å². The van der Waals surface area contributed by atoms with E-state index in [9.17, 15) is 14.4 Å². The van der Waals surface area contributed by atoms with Gasteiger partial charge in [0.1, 0.15) is 5.75 Å². The molecule has 5 nitrogen and oxygen atoms in total. The topological polar surface area (TPSA) is 69.7 Å². The molecule has 3 atom stereocenters. The Hall–Kier alpha value is -3.44. The fraction of sp³-hybridized carbons (Fsp3) is 0.192. The summed E-state index contributed by atoms with van der Waals surface area (Å²) in [7, 11) is 0. The highest BCUT2D eigenvalue weighted by atomic mass is 35.5. The Bertz CT molecular complexity index is 1140. The number of Topliss-reactive ketones (excluding diaryl/α,β-unsaturated/α-hetero) is 1. The summed E-state index contributed by atoms with van der Waals surface area (Å²) in [5.41, 5.74) is 1.74. The van der Waals surface area contributed by atoms with Gasteiger partial charge in [-0.25, -0.2) is 0 Å². The monoisotopic (exact) mass is 448 g/mol. The Morgan fingerprint density at radius 1 is 0.969 bits per heavy atom. The molecule has 0 aromatic heterocycles. The lowest BCUT2D eigenvalue weighted by molar-refractivity contribution is -0.159. The minimum atomic E-state index is -1.27. The van der Waals surface area contributed by atoms with Crippen LogP contribution in [-0.4, -0.2) is 24.3 Å². The SMILES string of the molecule is CCOC(=O)C1C(=O)Oc2ccccc2C1C(C(=O)c1ccc(Cl)cc1)c1ccccc1. The van der Waals surface area contributed by atoms with Crippen LogP contribution in [0.4, 0.5) is 0 Å². The van der Waals surface area contributed by atoms with Gasteiger partial charge in [0.25, 0.3) is 0 Å². The van der Waals surface area contributed by atoms with Gasteiger partial charge < -0.3 is 9.47 Å². The molecule has 0 spiro atoms. The van der Waals surface area contributed by atoms with Gasteiger partial charge in [0, 0.05) is 22.1 Å². The molecular formula is C26H21ClO5. The number of halogens is 1. The quantitative estimate of drug-likeness (QED) is 0.225. The van der Waals surface area contributed by atoms with Crippen molar-refractivity contribution >= 4 is 29.3 Å². The molecule has 0 saturated heterocycles. The van der Waals surface area contributed by atoms with Gasteiger partial charge in [0.05, 0.1) is 12.5 Å². The first kappa shape index (κ1) is 21.8. The van der Waals surface area contributed by atoms with Crippen LogP contribution in [0.25, 0.3) is 0 Å². The van der Waals surface area contributed by atoms with Gasteiger partial charge in [0.15, 0.2) is 11.7 Å². The van der Waals surface area contributed by atoms with E-state index < -0.39 is 29.7 Å². The summed E-state index contributed by atoms with van der Waals surface area (Å²) in [4.78, 5) is 39.7. The second kappa shape index (κ2) is 9.37. The highest BCUT2D eigenvalue weighted by Crippen LogP contribution is 2.47. The van der Waals surface area contributed by atoms with Crippen LogP contribution in [0.1, 0.15) is 40.2 Å². The number of para-hydroxylation sites is 1. The Kier molecular flexibility index (Phi) is 6.37. The summed E-state index contributed by atoms with van der Waals surface area (Å²) in [5.74, 6) is -4.20. The molecule has 1 aliphatic heterocycles. The van der Waals surface area contributed by atoms with Crippen LogP contribution in [0, 0.1) is 5.92 Å². The van der Waals surface area contributed by atoms with Crippen molar-refractivity contribution in [2.45, 2.75) is 18.8 Å². The zero-order chi connectivity index (χ0) is 22.7. The predicted molar refractivity (Wildman–Crippen MR) is 120 cm³/mol. The van der Waals surface area contributed by atoms with E-state index in [4.69, 9.17) is 21.1 Å². The Morgan fingerprint density at radius 3 is 2.31 bits per heavy atom. The van der Waals surface area contributed by atoms with Crippen molar-refractivity contribution in [3.05, 3.63) is 101 Å². The van der Waals surface area contributed by atoms with Crippen LogP contribution in [0.15, 0.2) is 78.9 Å². The molecule has 32 heavy (non-hydrogen) atoms. The molecule has 1 aliphatic rings. The van der Waals surface area contributed by atoms with E-state index in [1.807, 2.05) is 30.3 Å². The lowest BCUT2D eigenvalue weighted by atomic mass is 9.69. The van der Waals surface area contributed by atoms with E-state index in [1.165, 1.54) is 0 Å². The Balaban J connectivity index is 1.92. The minimum Gasteiger partial charge on any atom is -0.465 e. The number of ether oxygens (including phenoxy) is 2. The molecule has 0 aliphatic carbocycles. The number of fused-ring (bicyclic) bond motifs is 1. The second-order valence-electron chi connectivity index (χ2n) is 7.47. The molecule has 0 bridgehead atoms. The van der Waals surface area contributed by atoms with Crippen molar-refractivity contribution in [1.29, 1.82) is 0 Å². The van der Waals surface area contributed by atoms with Gasteiger partial charge in [0.2, 0.25) is 0 Å². The summed E-state index contributed by atoms with van der Waals surface area (Å²) < 4.78 is 10.7. The molecule has 3 unspecified atom stereocenters. The third-order valence-corrected chi connectivity index (χ3v) is 5.82. The smallest absolute Gasteiger partial charge is 0.326 e. The highest BCUT2D eigenvalue weighted by molar-refractivity contribution is 6.30. The Labute approximate surface area is 190 Å². The third kappa shape index (κ3) is 4.16. The maximum absolute atomic E-state index is 13.9. The molecular weight excluding hydrogens is 428 g/mol. The van der Waals surface area contributed by atoms with E-state index >= 15 is 0 Å². The van der Waals surface area contributed by atoms with Gasteiger partial charge >= 0.3 is 11.9 Å². The molecule has 162 valence electrons. The van der Waals surface area contributed by atoms with E-state index in [0.717, 1.165) is 0 Å². The van der Waals surface area contributed by atoms with Crippen LogP contribution in [-0.2, 0) is 14.3 Å². The minimum absolute atomic E-state index is 0.109. The maximum atomic E-state index is 13.9. The molecule has 0 radical (unpaired) electrons. The predicted octanol–water partition coefficient (Wildman–Crippen LogP) is 5.19. The summed E-state index contributed by atoms with van der Waals surface area (Å²) in [6.07, 6.45) is 0. The van der Waals surface area contributed by atoms with Gasteiger partial charge in [-0.15, -0.1) is 0 Å². The highest BCUT2D eigenvalue weighted by Gasteiger charge is 2.49. The summed E-state index contributed by atoms with van der Waals surface area (Å²) >= 11 is 6.01. The number of benzene rings is 3. The van der Waals surface area contributed by atoms with Crippen molar-refractivity contribution in [1.82, 2.24) is 0 Å². The van der Waals surface area contributed by atoms with Gasteiger partial charge in [-0.2, -0.15) is 0 Å². The number of carbonyl (C=O) groups is 3. The fourth-order valence-electron chi connectivity index (χ4n) is 4.17. The molecule has 3 aromatic carbocycles. The standard InChI is InChI=1S/C26H21ClO5/c1-2-31-25(29)23-22(19-10-6-7-11-20(19)32-26(23)30)21(16-8-4-3-5-9-16)24(28)17-12-14-18(27)15-13-17/h3-15,21-23H,2H2,1H3. The van der Waals surface area contributed by atoms with E-state index in [1.54, 1.807) is 55.5 Å². The van der Waals surface area contributed by atoms with Gasteiger partial charge in [-0.3, -0.25) is 14.4 Å². The average Bonchev–Trinajstić information content (AvgIpc) is 2.80. The first-order valence-corrected chi connectivity index (χ1v) is 10.7. The largest absolute Gasteiger partial charge is 0.465 e. The normalized spacial score (nSPS) is 18.2. The average molecular weight is 449 g/mol. The number of esters is 2. The number of hydrogen-bond acceptors (Lipinski definition) is 5. The van der Waals surface area contributed by atoms with Crippen molar-refractivity contribution in [3.8, 4) is 5.75 Å². The molecule has 0 amide bonds. The zero-order valence-electron chi connectivity index (χ0n) is 17.4. The number of rotatable bonds is 6. The van der Waals surface area contributed by atoms with E-state index in [0.29, 0.717) is 27.5 Å². The van der Waals surface area contributed by atoms with Crippen LogP contribution in [0.3, 0.4) is 0 Å². The van der Waals surface area contributed by atoms with Crippen LogP contribution in [0.5, 0.6) is 5.75 Å². The molecule has 0 saturated carbocycles. The number of ketones is 1. The van der Waals surface area contributed by atoms with Crippen molar-refractivity contribution in [3.63, 3.8) is 0 Å². The van der Waals surface area contributed by atoms with Crippen molar-refractivity contribution in [2.24, 2.45) is 5.92 Å². The molecule has 1 heterocycles. The van der Waals surface area contributed by atoms with Gasteiger partial charge in [-0.05, 0) is 42.8 Å². The molecule has 3 aromatic rings. The lowest BCUT2D eigenvalue weighted by Gasteiger charge is -2.35. The van der Waals surface area contributed by atoms with Gasteiger partial charge in [-0.1, -0.05) is 60.1 Å². The van der Waals surface area contributed by atoms with Crippen LogP contribution in [0.2, 0.25) is 5.02 Å². The molecule has 6 heteroatoms. The molecule has 0 N–H and O–H groups in total. The zero-order valence-corrected chi connectivity index (χ0v) is 18.1. The van der Waals surface area contributed by atoms with Crippen LogP contribution < -0.4 is 4.74 Å². The van der Waals surface area contributed by atoms with Crippen LogP contribution >= 0.6 is 11.6 Å². The fourth-order valence-corrected chi connectivity index (χ4v) is 4.30.